The summed E-state index contributed by atoms with van der Waals surface area (Å²) in [7, 11) is 0. The fourth-order valence-electron chi connectivity index (χ4n) is 1.83. The zero-order valence-electron chi connectivity index (χ0n) is 12.2. The van der Waals surface area contributed by atoms with Crippen molar-refractivity contribution in [1.82, 2.24) is 5.32 Å². The van der Waals surface area contributed by atoms with Gasteiger partial charge in [0.2, 0.25) is 5.91 Å². The summed E-state index contributed by atoms with van der Waals surface area (Å²) in [6.07, 6.45) is 7.71. The summed E-state index contributed by atoms with van der Waals surface area (Å²) in [5.74, 6) is 0.180. The number of carbonyl (C=O) groups excluding carboxylic acids is 2. The molecule has 19 heavy (non-hydrogen) atoms. The average Bonchev–Trinajstić information content (AvgIpc) is 2.36. The number of esters is 1. The number of hydrogen-bond donors (Lipinski definition) is 1. The molecule has 1 amide bonds. The van der Waals surface area contributed by atoms with Crippen molar-refractivity contribution >= 4 is 11.9 Å². The second-order valence-corrected chi connectivity index (χ2v) is 6.09. The molecule has 0 bridgehead atoms. The Balaban J connectivity index is 2.11. The summed E-state index contributed by atoms with van der Waals surface area (Å²) in [6, 6.07) is 0. The largest absolute Gasteiger partial charge is 0.465 e. The summed E-state index contributed by atoms with van der Waals surface area (Å²) in [6.45, 7) is 6.38. The number of rotatable bonds is 5. The predicted octanol–water partition coefficient (Wildman–Crippen LogP) is 2.44. The molecule has 108 valence electrons. The van der Waals surface area contributed by atoms with Crippen molar-refractivity contribution in [3.05, 3.63) is 12.2 Å². The molecule has 0 spiro atoms. The molecule has 1 aliphatic rings. The molecule has 0 radical (unpaired) electrons. The monoisotopic (exact) mass is 267 g/mol. The second-order valence-electron chi connectivity index (χ2n) is 6.09. The van der Waals surface area contributed by atoms with Gasteiger partial charge in [-0.25, -0.2) is 0 Å². The van der Waals surface area contributed by atoms with E-state index in [4.69, 9.17) is 4.74 Å². The topological polar surface area (TPSA) is 55.4 Å². The van der Waals surface area contributed by atoms with Gasteiger partial charge in [-0.15, -0.1) is 0 Å². The number of amides is 1. The molecule has 4 nitrogen and oxygen atoms in total. The summed E-state index contributed by atoms with van der Waals surface area (Å²) >= 11 is 0. The number of allylic oxidation sites excluding steroid dienone is 2. The summed E-state index contributed by atoms with van der Waals surface area (Å²) < 4.78 is 5.22. The third-order valence-electron chi connectivity index (χ3n) is 3.15. The molecule has 0 aromatic heterocycles. The third-order valence-corrected chi connectivity index (χ3v) is 3.15. The van der Waals surface area contributed by atoms with E-state index in [0.717, 1.165) is 19.3 Å². The van der Waals surface area contributed by atoms with Crippen LogP contribution in [-0.2, 0) is 14.3 Å². The smallest absolute Gasteiger partial charge is 0.307 e. The minimum atomic E-state index is -0.418. The lowest BCUT2D eigenvalue weighted by Gasteiger charge is -2.18. The van der Waals surface area contributed by atoms with E-state index in [1.807, 2.05) is 20.8 Å². The molecule has 0 saturated carbocycles. The highest BCUT2D eigenvalue weighted by molar-refractivity contribution is 5.81. The van der Waals surface area contributed by atoms with Gasteiger partial charge in [-0.2, -0.15) is 0 Å². The van der Waals surface area contributed by atoms with Crippen molar-refractivity contribution < 1.29 is 14.3 Å². The zero-order chi connectivity index (χ0) is 14.3. The third kappa shape index (κ3) is 6.41. The maximum atomic E-state index is 11.6. The van der Waals surface area contributed by atoms with Gasteiger partial charge in [0.1, 0.15) is 0 Å². The van der Waals surface area contributed by atoms with E-state index in [1.165, 1.54) is 0 Å². The van der Waals surface area contributed by atoms with Gasteiger partial charge in [0.15, 0.2) is 0 Å². The Hall–Kier alpha value is -1.32. The lowest BCUT2D eigenvalue weighted by Crippen LogP contribution is -2.36. The molecule has 1 aliphatic carbocycles. The Morgan fingerprint density at radius 3 is 2.63 bits per heavy atom. The van der Waals surface area contributed by atoms with Crippen LogP contribution < -0.4 is 5.32 Å². The van der Waals surface area contributed by atoms with Crippen molar-refractivity contribution in [1.29, 1.82) is 0 Å². The van der Waals surface area contributed by atoms with E-state index in [9.17, 15) is 9.59 Å². The Labute approximate surface area is 115 Å². The molecule has 1 rings (SSSR count). The van der Waals surface area contributed by atoms with Crippen LogP contribution in [-0.4, -0.2) is 25.0 Å². The SMILES string of the molecule is CC(C)(C)C(=O)NCCC(=O)OCC1CC=CCC1. The number of hydrogen-bond acceptors (Lipinski definition) is 3. The van der Waals surface area contributed by atoms with Crippen molar-refractivity contribution in [2.75, 3.05) is 13.2 Å². The van der Waals surface area contributed by atoms with Crippen molar-refractivity contribution in [3.8, 4) is 0 Å². The second kappa shape index (κ2) is 7.31. The standard InChI is InChI=1S/C15H25NO3/c1-15(2,3)14(18)16-10-9-13(17)19-11-12-7-5-4-6-8-12/h4-5,12H,6-11H2,1-3H3,(H,16,18). The van der Waals surface area contributed by atoms with Crippen molar-refractivity contribution in [2.24, 2.45) is 11.3 Å². The lowest BCUT2D eigenvalue weighted by molar-refractivity contribution is -0.145. The number of nitrogens with one attached hydrogen (secondary N) is 1. The van der Waals surface area contributed by atoms with Gasteiger partial charge in [0.25, 0.3) is 0 Å². The molecule has 1 N–H and O–H groups in total. The molecule has 1 unspecified atom stereocenters. The van der Waals surface area contributed by atoms with Crippen LogP contribution in [0, 0.1) is 11.3 Å². The normalized spacial score (nSPS) is 19.0. The summed E-state index contributed by atoms with van der Waals surface area (Å²) in [5, 5.41) is 2.74. The fraction of sp³-hybridized carbons (Fsp3) is 0.733. The van der Waals surface area contributed by atoms with E-state index < -0.39 is 5.41 Å². The van der Waals surface area contributed by atoms with Gasteiger partial charge in [-0.3, -0.25) is 9.59 Å². The van der Waals surface area contributed by atoms with Crippen molar-refractivity contribution in [2.45, 2.75) is 46.5 Å². The highest BCUT2D eigenvalue weighted by Crippen LogP contribution is 2.18. The van der Waals surface area contributed by atoms with Crippen LogP contribution in [0.2, 0.25) is 0 Å². The fourth-order valence-corrected chi connectivity index (χ4v) is 1.83. The number of ether oxygens (including phenoxy) is 1. The van der Waals surface area contributed by atoms with E-state index in [1.54, 1.807) is 0 Å². The molecule has 0 aromatic carbocycles. The van der Waals surface area contributed by atoms with Crippen LogP contribution in [0.5, 0.6) is 0 Å². The quantitative estimate of drug-likeness (QED) is 0.615. The first-order chi connectivity index (χ1) is 8.89. The molecule has 0 aliphatic heterocycles. The molecule has 1 atom stereocenters. The maximum absolute atomic E-state index is 11.6. The molecule has 0 saturated heterocycles. The molecular formula is C15H25NO3. The lowest BCUT2D eigenvalue weighted by atomic mass is 9.95. The van der Waals surface area contributed by atoms with Gasteiger partial charge in [-0.05, 0) is 25.2 Å². The van der Waals surface area contributed by atoms with E-state index in [0.29, 0.717) is 19.1 Å². The molecule has 4 heteroatoms. The Bertz CT molecular complexity index is 342. The first-order valence-corrected chi connectivity index (χ1v) is 6.98. The van der Waals surface area contributed by atoms with Crippen LogP contribution in [0.25, 0.3) is 0 Å². The summed E-state index contributed by atoms with van der Waals surface area (Å²) in [4.78, 5) is 23.1. The van der Waals surface area contributed by atoms with Crippen LogP contribution in [0.4, 0.5) is 0 Å². The van der Waals surface area contributed by atoms with Gasteiger partial charge in [0, 0.05) is 12.0 Å². The Morgan fingerprint density at radius 2 is 2.05 bits per heavy atom. The van der Waals surface area contributed by atoms with Gasteiger partial charge < -0.3 is 10.1 Å². The summed E-state index contributed by atoms with van der Waals surface area (Å²) in [5.41, 5.74) is -0.418. The first kappa shape index (κ1) is 15.7. The van der Waals surface area contributed by atoms with Gasteiger partial charge in [-0.1, -0.05) is 32.9 Å². The van der Waals surface area contributed by atoms with Crippen LogP contribution >= 0.6 is 0 Å². The van der Waals surface area contributed by atoms with Gasteiger partial charge >= 0.3 is 5.97 Å². The van der Waals surface area contributed by atoms with E-state index >= 15 is 0 Å². The highest BCUT2D eigenvalue weighted by atomic mass is 16.5. The highest BCUT2D eigenvalue weighted by Gasteiger charge is 2.20. The van der Waals surface area contributed by atoms with Gasteiger partial charge in [0.05, 0.1) is 13.0 Å². The number of carbonyl (C=O) groups is 2. The minimum absolute atomic E-state index is 0.0438. The molecule has 0 heterocycles. The first-order valence-electron chi connectivity index (χ1n) is 6.98. The average molecular weight is 267 g/mol. The molecule has 0 fully saturated rings. The Kier molecular flexibility index (Phi) is 6.06. The van der Waals surface area contributed by atoms with E-state index in [-0.39, 0.29) is 18.3 Å². The van der Waals surface area contributed by atoms with Crippen LogP contribution in [0.1, 0.15) is 46.5 Å². The minimum Gasteiger partial charge on any atom is -0.465 e. The zero-order valence-corrected chi connectivity index (χ0v) is 12.2. The van der Waals surface area contributed by atoms with Crippen molar-refractivity contribution in [3.63, 3.8) is 0 Å². The van der Waals surface area contributed by atoms with Crippen LogP contribution in [0.3, 0.4) is 0 Å². The van der Waals surface area contributed by atoms with Crippen LogP contribution in [0.15, 0.2) is 12.2 Å². The maximum Gasteiger partial charge on any atom is 0.307 e. The predicted molar refractivity (Wildman–Crippen MR) is 74.5 cm³/mol. The molecule has 0 aromatic rings. The molecular weight excluding hydrogens is 242 g/mol. The Morgan fingerprint density at radius 1 is 1.32 bits per heavy atom. The van der Waals surface area contributed by atoms with E-state index in [2.05, 4.69) is 17.5 Å².